The van der Waals surface area contributed by atoms with Gasteiger partial charge in [0.1, 0.15) is 18.0 Å². The van der Waals surface area contributed by atoms with Crippen LogP contribution in [0.5, 0.6) is 0 Å². The van der Waals surface area contributed by atoms with Crippen molar-refractivity contribution in [1.29, 1.82) is 0 Å². The van der Waals surface area contributed by atoms with Gasteiger partial charge in [-0.2, -0.15) is 0 Å². The van der Waals surface area contributed by atoms with Gasteiger partial charge in [-0.25, -0.2) is 9.18 Å². The first-order valence-corrected chi connectivity index (χ1v) is 6.91. The third kappa shape index (κ3) is 4.49. The summed E-state index contributed by atoms with van der Waals surface area (Å²) in [7, 11) is 0. The predicted octanol–water partition coefficient (Wildman–Crippen LogP) is 2.66. The molecule has 1 aliphatic rings. The minimum Gasteiger partial charge on any atom is -0.447 e. The van der Waals surface area contributed by atoms with Gasteiger partial charge in [0.05, 0.1) is 12.6 Å². The van der Waals surface area contributed by atoms with Crippen LogP contribution >= 0.6 is 0 Å². The number of amides is 1. The Morgan fingerprint density at radius 3 is 2.95 bits per heavy atom. The minimum absolute atomic E-state index is 0.0113. The molecule has 1 unspecified atom stereocenters. The molecule has 1 amide bonds. The van der Waals surface area contributed by atoms with E-state index in [0.29, 0.717) is 13.0 Å². The summed E-state index contributed by atoms with van der Waals surface area (Å²) in [6.45, 7) is 4.41. The molecule has 1 heterocycles. The lowest BCUT2D eigenvalue weighted by Crippen LogP contribution is -2.41. The van der Waals surface area contributed by atoms with Gasteiger partial charge in [-0.15, -0.1) is 0 Å². The van der Waals surface area contributed by atoms with Crippen LogP contribution in [0.4, 0.5) is 9.18 Å². The van der Waals surface area contributed by atoms with Crippen molar-refractivity contribution in [3.63, 3.8) is 0 Å². The molecule has 3 atom stereocenters. The maximum absolute atomic E-state index is 13.2. The highest BCUT2D eigenvalue weighted by molar-refractivity contribution is 5.68. The maximum Gasteiger partial charge on any atom is 0.407 e. The van der Waals surface area contributed by atoms with E-state index in [9.17, 15) is 9.18 Å². The molecule has 1 saturated heterocycles. The summed E-state index contributed by atoms with van der Waals surface area (Å²) in [6, 6.07) is 6.18. The lowest BCUT2D eigenvalue weighted by molar-refractivity contribution is 0.0999. The average molecular weight is 281 g/mol. The number of carbonyl (C=O) groups excluding carboxylic acids is 1. The van der Waals surface area contributed by atoms with Crippen LogP contribution in [0.25, 0.3) is 0 Å². The van der Waals surface area contributed by atoms with Crippen LogP contribution < -0.4 is 5.32 Å². The van der Waals surface area contributed by atoms with Gasteiger partial charge >= 0.3 is 6.09 Å². The molecule has 5 heteroatoms. The van der Waals surface area contributed by atoms with Crippen LogP contribution in [0, 0.1) is 5.82 Å². The normalized spacial score (nSPS) is 20.1. The van der Waals surface area contributed by atoms with Gasteiger partial charge in [-0.05, 0) is 37.5 Å². The molecule has 0 radical (unpaired) electrons. The van der Waals surface area contributed by atoms with Gasteiger partial charge in [-0.3, -0.25) is 0 Å². The largest absolute Gasteiger partial charge is 0.447 e. The van der Waals surface area contributed by atoms with E-state index in [0.717, 1.165) is 12.0 Å². The predicted molar refractivity (Wildman–Crippen MR) is 73.0 cm³/mol. The first-order valence-electron chi connectivity index (χ1n) is 6.91. The highest BCUT2D eigenvalue weighted by Gasteiger charge is 2.34. The Kier molecular flexibility index (Phi) is 4.95. The number of hydrogen-bond acceptors (Lipinski definition) is 3. The number of alkyl carbamates (subject to hydrolysis) is 1. The van der Waals surface area contributed by atoms with Gasteiger partial charge in [0, 0.05) is 0 Å². The van der Waals surface area contributed by atoms with Gasteiger partial charge < -0.3 is 14.8 Å². The average Bonchev–Trinajstić information content (AvgIpc) is 3.22. The third-order valence-electron chi connectivity index (χ3n) is 3.34. The maximum atomic E-state index is 13.2. The fraction of sp³-hybridized carbons (Fsp3) is 0.533. The summed E-state index contributed by atoms with van der Waals surface area (Å²) in [4.78, 5) is 11.7. The van der Waals surface area contributed by atoms with Crippen molar-refractivity contribution < 1.29 is 18.7 Å². The van der Waals surface area contributed by atoms with Gasteiger partial charge in [-0.1, -0.05) is 19.1 Å². The first kappa shape index (κ1) is 14.8. The van der Waals surface area contributed by atoms with Crippen LogP contribution in [0.3, 0.4) is 0 Å². The Bertz CT molecular complexity index is 462. The molecule has 0 saturated carbocycles. The zero-order chi connectivity index (χ0) is 14.5. The van der Waals surface area contributed by atoms with Crippen molar-refractivity contribution in [1.82, 2.24) is 5.32 Å². The summed E-state index contributed by atoms with van der Waals surface area (Å²) >= 11 is 0. The summed E-state index contributed by atoms with van der Waals surface area (Å²) < 4.78 is 23.6. The molecule has 1 fully saturated rings. The molecule has 2 rings (SSSR count). The van der Waals surface area contributed by atoms with Crippen LogP contribution in [-0.2, 0) is 15.9 Å². The Labute approximate surface area is 118 Å². The van der Waals surface area contributed by atoms with Crippen LogP contribution in [0.1, 0.15) is 25.8 Å². The lowest BCUT2D eigenvalue weighted by Gasteiger charge is -2.18. The standard InChI is InChI=1S/C15H20FNO3/c1-3-10(2)20-15(18)17-13(14-9-19-14)8-11-5-4-6-12(16)7-11/h4-7,10,13-14H,3,8-9H2,1-2H3,(H,17,18)/t10?,13-,14+/m0/s1. The van der Waals surface area contributed by atoms with Crippen molar-refractivity contribution in [3.8, 4) is 0 Å². The highest BCUT2D eigenvalue weighted by Crippen LogP contribution is 2.19. The van der Waals surface area contributed by atoms with Crippen molar-refractivity contribution in [2.24, 2.45) is 0 Å². The SMILES string of the molecule is CCC(C)OC(=O)N[C@@H](Cc1cccc(F)c1)[C@H]1CO1. The van der Waals surface area contributed by atoms with E-state index < -0.39 is 6.09 Å². The van der Waals surface area contributed by atoms with Gasteiger partial charge in [0.2, 0.25) is 0 Å². The molecule has 110 valence electrons. The molecule has 0 spiro atoms. The number of epoxide rings is 1. The number of halogens is 1. The Morgan fingerprint density at radius 1 is 1.60 bits per heavy atom. The van der Waals surface area contributed by atoms with E-state index in [4.69, 9.17) is 9.47 Å². The summed E-state index contributed by atoms with van der Waals surface area (Å²) in [5, 5.41) is 2.80. The van der Waals surface area contributed by atoms with Crippen LogP contribution in [0.2, 0.25) is 0 Å². The smallest absolute Gasteiger partial charge is 0.407 e. The zero-order valence-corrected chi connectivity index (χ0v) is 11.8. The summed E-state index contributed by atoms with van der Waals surface area (Å²) in [6.07, 6.45) is 0.712. The first-order chi connectivity index (χ1) is 9.58. The molecule has 1 aliphatic heterocycles. The molecule has 4 nitrogen and oxygen atoms in total. The second kappa shape index (κ2) is 6.70. The summed E-state index contributed by atoms with van der Waals surface area (Å²) in [5.41, 5.74) is 0.828. The zero-order valence-electron chi connectivity index (χ0n) is 11.8. The fourth-order valence-electron chi connectivity index (χ4n) is 1.93. The monoisotopic (exact) mass is 281 g/mol. The van der Waals surface area contributed by atoms with E-state index in [1.807, 2.05) is 19.9 Å². The lowest BCUT2D eigenvalue weighted by atomic mass is 10.0. The van der Waals surface area contributed by atoms with Crippen molar-refractivity contribution in [2.45, 2.75) is 44.9 Å². The number of hydrogen-bond donors (Lipinski definition) is 1. The molecule has 1 aromatic carbocycles. The van der Waals surface area contributed by atoms with Crippen molar-refractivity contribution >= 4 is 6.09 Å². The van der Waals surface area contributed by atoms with E-state index in [1.54, 1.807) is 6.07 Å². The fourth-order valence-corrected chi connectivity index (χ4v) is 1.93. The molecular formula is C15H20FNO3. The van der Waals surface area contributed by atoms with Crippen LogP contribution in [-0.4, -0.2) is 30.9 Å². The second-order valence-electron chi connectivity index (χ2n) is 5.08. The number of ether oxygens (including phenoxy) is 2. The van der Waals surface area contributed by atoms with E-state index in [1.165, 1.54) is 12.1 Å². The molecule has 1 N–H and O–H groups in total. The topological polar surface area (TPSA) is 50.9 Å². The van der Waals surface area contributed by atoms with E-state index in [-0.39, 0.29) is 24.1 Å². The highest BCUT2D eigenvalue weighted by atomic mass is 19.1. The molecule has 0 aliphatic carbocycles. The van der Waals surface area contributed by atoms with E-state index >= 15 is 0 Å². The summed E-state index contributed by atoms with van der Waals surface area (Å²) in [5.74, 6) is -0.278. The second-order valence-corrected chi connectivity index (χ2v) is 5.08. The molecular weight excluding hydrogens is 261 g/mol. The quantitative estimate of drug-likeness (QED) is 0.816. The molecule has 0 aromatic heterocycles. The third-order valence-corrected chi connectivity index (χ3v) is 3.34. The molecule has 1 aromatic rings. The molecule has 0 bridgehead atoms. The number of rotatable bonds is 6. The number of carbonyl (C=O) groups is 1. The van der Waals surface area contributed by atoms with Crippen molar-refractivity contribution in [3.05, 3.63) is 35.6 Å². The van der Waals surface area contributed by atoms with Gasteiger partial charge in [0.15, 0.2) is 0 Å². The number of nitrogens with one attached hydrogen (secondary N) is 1. The Morgan fingerprint density at radius 2 is 2.35 bits per heavy atom. The minimum atomic E-state index is -0.448. The Balaban J connectivity index is 1.92. The van der Waals surface area contributed by atoms with Gasteiger partial charge in [0.25, 0.3) is 0 Å². The Hall–Kier alpha value is -1.62. The van der Waals surface area contributed by atoms with Crippen molar-refractivity contribution in [2.75, 3.05) is 6.61 Å². The number of benzene rings is 1. The van der Waals surface area contributed by atoms with E-state index in [2.05, 4.69) is 5.32 Å². The van der Waals surface area contributed by atoms with Crippen LogP contribution in [0.15, 0.2) is 24.3 Å². The molecule has 20 heavy (non-hydrogen) atoms.